The summed E-state index contributed by atoms with van der Waals surface area (Å²) in [6.45, 7) is 6.06. The first-order valence-electron chi connectivity index (χ1n) is 6.10. The fourth-order valence-corrected chi connectivity index (χ4v) is 2.37. The van der Waals surface area contributed by atoms with Crippen LogP contribution in [0.25, 0.3) is 10.9 Å². The summed E-state index contributed by atoms with van der Waals surface area (Å²) in [4.78, 5) is 0. The smallest absolute Gasteiger partial charge is 0.147 e. The van der Waals surface area contributed by atoms with Crippen molar-refractivity contribution in [2.24, 2.45) is 7.05 Å². The Morgan fingerprint density at radius 1 is 1.35 bits per heavy atom. The van der Waals surface area contributed by atoms with Gasteiger partial charge in [0, 0.05) is 18.1 Å². The number of nitrogens with zero attached hydrogens (tertiary/aromatic N) is 1. The van der Waals surface area contributed by atoms with E-state index in [-0.39, 0.29) is 5.82 Å². The van der Waals surface area contributed by atoms with Gasteiger partial charge >= 0.3 is 0 Å². The fraction of sp³-hybridized carbons (Fsp3) is 0.429. The summed E-state index contributed by atoms with van der Waals surface area (Å²) in [6.07, 6.45) is 0.945. The molecule has 2 nitrogen and oxygen atoms in total. The topological polar surface area (TPSA) is 17.0 Å². The Labute approximate surface area is 101 Å². The molecule has 3 heteroatoms. The lowest BCUT2D eigenvalue weighted by Crippen LogP contribution is -2.16. The molecule has 0 atom stereocenters. The monoisotopic (exact) mass is 234 g/mol. The maximum absolute atomic E-state index is 13.8. The maximum atomic E-state index is 13.8. The highest BCUT2D eigenvalue weighted by molar-refractivity contribution is 5.86. The Morgan fingerprint density at radius 2 is 2.12 bits per heavy atom. The Bertz CT molecular complexity index is 528. The van der Waals surface area contributed by atoms with Gasteiger partial charge in [-0.1, -0.05) is 19.1 Å². The summed E-state index contributed by atoms with van der Waals surface area (Å²) in [5, 5.41) is 4.35. The molecular formula is C14H19FN2. The number of hydrogen-bond acceptors (Lipinski definition) is 1. The first kappa shape index (κ1) is 12.1. The molecular weight excluding hydrogens is 215 g/mol. The molecule has 0 saturated heterocycles. The van der Waals surface area contributed by atoms with Crippen LogP contribution in [-0.4, -0.2) is 17.7 Å². The van der Waals surface area contributed by atoms with Gasteiger partial charge in [-0.05, 0) is 38.1 Å². The predicted molar refractivity (Wildman–Crippen MR) is 69.9 cm³/mol. The van der Waals surface area contributed by atoms with Crippen molar-refractivity contribution in [1.29, 1.82) is 0 Å². The average Bonchev–Trinajstić information content (AvgIpc) is 2.55. The number of likely N-dealkylation sites (N-methyl/N-ethyl adjacent to an activating group) is 1. The molecule has 0 spiro atoms. The van der Waals surface area contributed by atoms with E-state index in [4.69, 9.17) is 0 Å². The van der Waals surface area contributed by atoms with Gasteiger partial charge in [-0.3, -0.25) is 0 Å². The molecule has 0 bridgehead atoms. The molecule has 0 fully saturated rings. The summed E-state index contributed by atoms with van der Waals surface area (Å²) >= 11 is 0. The summed E-state index contributed by atoms with van der Waals surface area (Å²) < 4.78 is 15.7. The van der Waals surface area contributed by atoms with E-state index in [2.05, 4.69) is 19.2 Å². The zero-order valence-corrected chi connectivity index (χ0v) is 10.7. The molecule has 0 aliphatic rings. The zero-order chi connectivity index (χ0) is 12.4. The lowest BCUT2D eigenvalue weighted by Gasteiger charge is -2.03. The number of halogens is 1. The molecule has 1 aromatic heterocycles. The van der Waals surface area contributed by atoms with Gasteiger partial charge in [0.2, 0.25) is 0 Å². The standard InChI is InChI=1S/C14H19FN2/c1-4-16-9-8-11-10(2)17(3)14-12(11)6-5-7-13(14)15/h5-7,16H,4,8-9H2,1-3H3. The Morgan fingerprint density at radius 3 is 2.82 bits per heavy atom. The molecule has 2 aromatic rings. The molecule has 1 heterocycles. The minimum Gasteiger partial charge on any atom is -0.345 e. The van der Waals surface area contributed by atoms with Crippen molar-refractivity contribution in [3.63, 3.8) is 0 Å². The van der Waals surface area contributed by atoms with Gasteiger partial charge in [0.25, 0.3) is 0 Å². The lowest BCUT2D eigenvalue weighted by molar-refractivity contribution is 0.631. The van der Waals surface area contributed by atoms with Gasteiger partial charge in [-0.2, -0.15) is 0 Å². The molecule has 1 aromatic carbocycles. The number of fused-ring (bicyclic) bond motifs is 1. The fourth-order valence-electron chi connectivity index (χ4n) is 2.37. The second kappa shape index (κ2) is 4.88. The highest BCUT2D eigenvalue weighted by atomic mass is 19.1. The molecule has 92 valence electrons. The molecule has 0 saturated carbocycles. The van der Waals surface area contributed by atoms with Crippen molar-refractivity contribution in [3.8, 4) is 0 Å². The van der Waals surface area contributed by atoms with Crippen molar-refractivity contribution in [3.05, 3.63) is 35.3 Å². The molecule has 2 rings (SSSR count). The lowest BCUT2D eigenvalue weighted by atomic mass is 10.1. The van der Waals surface area contributed by atoms with Crippen molar-refractivity contribution in [2.75, 3.05) is 13.1 Å². The van der Waals surface area contributed by atoms with E-state index < -0.39 is 0 Å². The summed E-state index contributed by atoms with van der Waals surface area (Å²) in [5.41, 5.74) is 3.13. The molecule has 0 radical (unpaired) electrons. The molecule has 0 aliphatic carbocycles. The van der Waals surface area contributed by atoms with Crippen LogP contribution in [0.15, 0.2) is 18.2 Å². The quantitative estimate of drug-likeness (QED) is 0.805. The van der Waals surface area contributed by atoms with E-state index in [1.54, 1.807) is 6.07 Å². The summed E-state index contributed by atoms with van der Waals surface area (Å²) in [7, 11) is 1.93. The Kier molecular flexibility index (Phi) is 3.48. The van der Waals surface area contributed by atoms with Crippen molar-refractivity contribution in [1.82, 2.24) is 9.88 Å². The molecule has 0 aliphatic heterocycles. The van der Waals surface area contributed by atoms with Gasteiger partial charge in [-0.25, -0.2) is 4.39 Å². The number of aryl methyl sites for hydroxylation is 1. The van der Waals surface area contributed by atoms with E-state index in [1.807, 2.05) is 17.7 Å². The highest BCUT2D eigenvalue weighted by Crippen LogP contribution is 2.27. The van der Waals surface area contributed by atoms with Crippen LogP contribution >= 0.6 is 0 Å². The normalized spacial score (nSPS) is 11.3. The van der Waals surface area contributed by atoms with Crippen molar-refractivity contribution >= 4 is 10.9 Å². The number of hydrogen-bond donors (Lipinski definition) is 1. The van der Waals surface area contributed by atoms with Crippen LogP contribution in [0.1, 0.15) is 18.2 Å². The second-order valence-electron chi connectivity index (χ2n) is 4.36. The van der Waals surface area contributed by atoms with Crippen LogP contribution in [0.5, 0.6) is 0 Å². The maximum Gasteiger partial charge on any atom is 0.147 e. The van der Waals surface area contributed by atoms with Crippen molar-refractivity contribution < 1.29 is 4.39 Å². The third-order valence-electron chi connectivity index (χ3n) is 3.39. The first-order chi connectivity index (χ1) is 8.16. The van der Waals surface area contributed by atoms with Crippen LogP contribution in [-0.2, 0) is 13.5 Å². The number of benzene rings is 1. The van der Waals surface area contributed by atoms with Crippen LogP contribution in [0.3, 0.4) is 0 Å². The second-order valence-corrected chi connectivity index (χ2v) is 4.36. The van der Waals surface area contributed by atoms with Gasteiger partial charge in [0.15, 0.2) is 0 Å². The number of nitrogens with one attached hydrogen (secondary N) is 1. The minimum absolute atomic E-state index is 0.136. The summed E-state index contributed by atoms with van der Waals surface area (Å²) in [6, 6.07) is 5.32. The molecule has 17 heavy (non-hydrogen) atoms. The zero-order valence-electron chi connectivity index (χ0n) is 10.7. The highest BCUT2D eigenvalue weighted by Gasteiger charge is 2.13. The summed E-state index contributed by atoms with van der Waals surface area (Å²) in [5.74, 6) is -0.136. The predicted octanol–water partition coefficient (Wildman–Crippen LogP) is 2.78. The van der Waals surface area contributed by atoms with Gasteiger partial charge in [-0.15, -0.1) is 0 Å². The molecule has 1 N–H and O–H groups in total. The van der Waals surface area contributed by atoms with Gasteiger partial charge < -0.3 is 9.88 Å². The van der Waals surface area contributed by atoms with Crippen LogP contribution in [0.4, 0.5) is 4.39 Å². The van der Waals surface area contributed by atoms with Crippen LogP contribution < -0.4 is 5.32 Å². The van der Waals surface area contributed by atoms with E-state index in [0.29, 0.717) is 0 Å². The number of rotatable bonds is 4. The Balaban J connectivity index is 2.48. The van der Waals surface area contributed by atoms with Gasteiger partial charge in [0.1, 0.15) is 5.82 Å². The van der Waals surface area contributed by atoms with E-state index in [9.17, 15) is 4.39 Å². The first-order valence-corrected chi connectivity index (χ1v) is 6.10. The SMILES string of the molecule is CCNCCc1c(C)n(C)c2c(F)cccc12. The Hall–Kier alpha value is -1.35. The number of para-hydroxylation sites is 1. The minimum atomic E-state index is -0.136. The molecule has 0 unspecified atom stereocenters. The van der Waals surface area contributed by atoms with E-state index >= 15 is 0 Å². The number of aromatic nitrogens is 1. The third-order valence-corrected chi connectivity index (χ3v) is 3.39. The van der Waals surface area contributed by atoms with Crippen LogP contribution in [0, 0.1) is 12.7 Å². The van der Waals surface area contributed by atoms with Crippen LogP contribution in [0.2, 0.25) is 0 Å². The van der Waals surface area contributed by atoms with Crippen molar-refractivity contribution in [2.45, 2.75) is 20.3 Å². The molecule has 0 amide bonds. The third kappa shape index (κ3) is 2.07. The van der Waals surface area contributed by atoms with Gasteiger partial charge in [0.05, 0.1) is 5.52 Å². The largest absolute Gasteiger partial charge is 0.345 e. The van der Waals surface area contributed by atoms with E-state index in [0.717, 1.165) is 36.1 Å². The van der Waals surface area contributed by atoms with E-state index in [1.165, 1.54) is 11.6 Å². The average molecular weight is 234 g/mol.